The highest BCUT2D eigenvalue weighted by molar-refractivity contribution is 7.80. The molecule has 1 fully saturated rings. The number of carboxylic acids is 1. The minimum absolute atomic E-state index is 0.0474. The number of carbonyl (C=O) groups is 2. The van der Waals surface area contributed by atoms with Gasteiger partial charge in [-0.25, -0.2) is 0 Å². The molecule has 1 amide bonds. The summed E-state index contributed by atoms with van der Waals surface area (Å²) in [6.07, 6.45) is 0.114. The molecule has 3 rings (SSSR count). The topological polar surface area (TPSA) is 136 Å². The van der Waals surface area contributed by atoms with Crippen molar-refractivity contribution in [2.45, 2.75) is 12.5 Å². The number of hydrogen-bond donors (Lipinski definition) is 5. The number of aromatic hydroxyl groups is 2. The molecule has 0 aliphatic carbocycles. The van der Waals surface area contributed by atoms with Gasteiger partial charge < -0.3 is 31.3 Å². The number of hydrogen-bond acceptors (Lipinski definition) is 6. The molecule has 1 heterocycles. The lowest BCUT2D eigenvalue weighted by Gasteiger charge is -2.14. The molecule has 9 heteroatoms. The highest BCUT2D eigenvalue weighted by Crippen LogP contribution is 2.25. The standard InChI is InChI=1S/C9H8N2OS.C9H11NO4/c12-8-6-11(9(13)10-8)7-4-2-1-3-5-7;10-6(9(13)14)3-5-1-2-7(11)8(12)4-5/h1-5H,6H2,(H,10,12,13);1-2,4,6,11-12H,3,10H2,(H,13,14). The van der Waals surface area contributed by atoms with Crippen molar-refractivity contribution < 1.29 is 24.9 Å². The van der Waals surface area contributed by atoms with Gasteiger partial charge in [0.25, 0.3) is 0 Å². The van der Waals surface area contributed by atoms with Crippen LogP contribution in [0.5, 0.6) is 11.5 Å². The molecule has 1 saturated heterocycles. The normalized spacial score (nSPS) is 14.2. The lowest BCUT2D eigenvalue weighted by molar-refractivity contribution is -0.138. The van der Waals surface area contributed by atoms with Crippen LogP contribution in [0.4, 0.5) is 5.69 Å². The van der Waals surface area contributed by atoms with Crippen LogP contribution < -0.4 is 16.0 Å². The molecule has 0 saturated carbocycles. The van der Waals surface area contributed by atoms with Crippen molar-refractivity contribution in [3.63, 3.8) is 0 Å². The summed E-state index contributed by atoms with van der Waals surface area (Å²) in [5, 5.41) is 29.7. The quantitative estimate of drug-likeness (QED) is 0.385. The van der Waals surface area contributed by atoms with Crippen LogP contribution in [0.3, 0.4) is 0 Å². The van der Waals surface area contributed by atoms with Gasteiger partial charge in [0.2, 0.25) is 5.91 Å². The Morgan fingerprint density at radius 3 is 2.37 bits per heavy atom. The number of nitrogens with zero attached hydrogens (tertiary/aromatic N) is 1. The summed E-state index contributed by atoms with van der Waals surface area (Å²) < 4.78 is 0. The first-order valence-corrected chi connectivity index (χ1v) is 8.34. The fraction of sp³-hybridized carbons (Fsp3) is 0.167. The zero-order chi connectivity index (χ0) is 20.0. The van der Waals surface area contributed by atoms with Crippen LogP contribution in [0.15, 0.2) is 48.5 Å². The molecule has 0 aromatic heterocycles. The van der Waals surface area contributed by atoms with Crippen LogP contribution in [0.25, 0.3) is 0 Å². The van der Waals surface area contributed by atoms with Crippen LogP contribution in [-0.4, -0.2) is 44.9 Å². The number of thiocarbonyl (C=S) groups is 1. The Morgan fingerprint density at radius 1 is 1.19 bits per heavy atom. The monoisotopic (exact) mass is 389 g/mol. The van der Waals surface area contributed by atoms with E-state index in [-0.39, 0.29) is 23.8 Å². The number of carbonyl (C=O) groups excluding carboxylic acids is 1. The molecule has 6 N–H and O–H groups in total. The number of nitrogens with one attached hydrogen (secondary N) is 1. The molecule has 0 radical (unpaired) electrons. The Hall–Kier alpha value is -3.17. The second-order valence-electron chi connectivity index (χ2n) is 5.75. The van der Waals surface area contributed by atoms with Crippen LogP contribution in [0.2, 0.25) is 0 Å². The van der Waals surface area contributed by atoms with Gasteiger partial charge in [0.05, 0.1) is 0 Å². The molecule has 142 valence electrons. The average Bonchev–Trinajstić information content (AvgIpc) is 2.97. The van der Waals surface area contributed by atoms with Gasteiger partial charge >= 0.3 is 5.97 Å². The van der Waals surface area contributed by atoms with Crippen molar-refractivity contribution in [1.29, 1.82) is 0 Å². The van der Waals surface area contributed by atoms with Crippen molar-refractivity contribution in [1.82, 2.24) is 5.32 Å². The van der Waals surface area contributed by atoms with E-state index in [4.69, 9.17) is 33.3 Å². The fourth-order valence-corrected chi connectivity index (χ4v) is 2.58. The first-order chi connectivity index (χ1) is 12.8. The zero-order valence-corrected chi connectivity index (χ0v) is 15.0. The number of carboxylic acid groups (broad SMARTS) is 1. The molecule has 0 bridgehead atoms. The van der Waals surface area contributed by atoms with Gasteiger partial charge in [-0.3, -0.25) is 9.59 Å². The molecule has 8 nitrogen and oxygen atoms in total. The lowest BCUT2D eigenvalue weighted by Crippen LogP contribution is -2.32. The Kier molecular flexibility index (Phi) is 6.69. The molecular formula is C18H19N3O5S. The van der Waals surface area contributed by atoms with Gasteiger partial charge in [0.15, 0.2) is 16.6 Å². The molecule has 2 aromatic carbocycles. The minimum atomic E-state index is -1.10. The second-order valence-corrected chi connectivity index (χ2v) is 6.13. The average molecular weight is 389 g/mol. The van der Waals surface area contributed by atoms with Gasteiger partial charge in [-0.15, -0.1) is 0 Å². The number of para-hydroxylation sites is 1. The van der Waals surface area contributed by atoms with Crippen LogP contribution in [0.1, 0.15) is 5.56 Å². The van der Waals surface area contributed by atoms with Crippen LogP contribution in [0, 0.1) is 0 Å². The first kappa shape index (κ1) is 20.1. The van der Waals surface area contributed by atoms with E-state index in [1.165, 1.54) is 18.2 Å². The largest absolute Gasteiger partial charge is 0.504 e. The summed E-state index contributed by atoms with van der Waals surface area (Å²) in [4.78, 5) is 23.2. The number of phenolic OH excluding ortho intramolecular Hbond substituents is 2. The van der Waals surface area contributed by atoms with E-state index in [0.717, 1.165) is 5.69 Å². The van der Waals surface area contributed by atoms with Gasteiger partial charge in [-0.2, -0.15) is 0 Å². The fourth-order valence-electron chi connectivity index (χ4n) is 2.30. The van der Waals surface area contributed by atoms with Gasteiger partial charge in [0, 0.05) is 5.69 Å². The summed E-state index contributed by atoms with van der Waals surface area (Å²) in [5.74, 6) is -1.66. The summed E-state index contributed by atoms with van der Waals surface area (Å²) in [6.45, 7) is 0.322. The van der Waals surface area contributed by atoms with Crippen LogP contribution in [-0.2, 0) is 16.0 Å². The molecule has 0 spiro atoms. The van der Waals surface area contributed by atoms with Crippen LogP contribution >= 0.6 is 12.2 Å². The molecule has 1 aliphatic heterocycles. The number of nitrogens with two attached hydrogens (primary N) is 1. The van der Waals surface area contributed by atoms with E-state index >= 15 is 0 Å². The Bertz CT molecular complexity index is 844. The highest BCUT2D eigenvalue weighted by Gasteiger charge is 2.24. The second kappa shape index (κ2) is 8.97. The third-order valence-corrected chi connectivity index (χ3v) is 4.00. The summed E-state index contributed by atoms with van der Waals surface area (Å²) in [7, 11) is 0. The van der Waals surface area contributed by atoms with E-state index in [2.05, 4.69) is 5.32 Å². The summed E-state index contributed by atoms with van der Waals surface area (Å²) in [6, 6.07) is 12.7. The van der Waals surface area contributed by atoms with E-state index < -0.39 is 12.0 Å². The zero-order valence-electron chi connectivity index (χ0n) is 14.2. The summed E-state index contributed by atoms with van der Waals surface area (Å²) >= 11 is 4.99. The molecule has 1 unspecified atom stereocenters. The van der Waals surface area contributed by atoms with E-state index in [0.29, 0.717) is 17.2 Å². The number of aliphatic carboxylic acids is 1. The molecular weight excluding hydrogens is 370 g/mol. The molecule has 27 heavy (non-hydrogen) atoms. The SMILES string of the molecule is NC(Cc1ccc(O)c(O)c1)C(=O)O.O=C1CN(c2ccccc2)C(=S)N1. The lowest BCUT2D eigenvalue weighted by atomic mass is 10.1. The van der Waals surface area contributed by atoms with Crippen molar-refractivity contribution in [3.05, 3.63) is 54.1 Å². The Morgan fingerprint density at radius 2 is 1.85 bits per heavy atom. The molecule has 1 aliphatic rings. The first-order valence-electron chi connectivity index (χ1n) is 7.93. The van der Waals surface area contributed by atoms with Gasteiger partial charge in [-0.05, 0) is 48.5 Å². The van der Waals surface area contributed by atoms with E-state index in [1.807, 2.05) is 30.3 Å². The minimum Gasteiger partial charge on any atom is -0.504 e. The number of anilines is 1. The Labute approximate surface area is 160 Å². The smallest absolute Gasteiger partial charge is 0.320 e. The number of amides is 1. The third-order valence-electron chi connectivity index (χ3n) is 3.67. The number of benzene rings is 2. The predicted octanol–water partition coefficient (Wildman–Crippen LogP) is 0.960. The number of rotatable bonds is 4. The maximum absolute atomic E-state index is 11.0. The maximum atomic E-state index is 11.0. The van der Waals surface area contributed by atoms with Crippen molar-refractivity contribution in [2.24, 2.45) is 5.73 Å². The van der Waals surface area contributed by atoms with Crippen molar-refractivity contribution in [3.8, 4) is 11.5 Å². The van der Waals surface area contributed by atoms with Crippen molar-refractivity contribution >= 4 is 34.9 Å². The van der Waals surface area contributed by atoms with Gasteiger partial charge in [-0.1, -0.05) is 24.3 Å². The maximum Gasteiger partial charge on any atom is 0.320 e. The third kappa shape index (κ3) is 5.66. The number of phenols is 2. The summed E-state index contributed by atoms with van der Waals surface area (Å²) in [5.41, 5.74) is 6.81. The van der Waals surface area contributed by atoms with Gasteiger partial charge in [0.1, 0.15) is 12.6 Å². The predicted molar refractivity (Wildman–Crippen MR) is 104 cm³/mol. The molecule has 1 atom stereocenters. The highest BCUT2D eigenvalue weighted by atomic mass is 32.1. The Balaban J connectivity index is 0.000000194. The van der Waals surface area contributed by atoms with E-state index in [9.17, 15) is 9.59 Å². The molecule has 2 aromatic rings. The van der Waals surface area contributed by atoms with Crippen molar-refractivity contribution in [2.75, 3.05) is 11.4 Å². The van der Waals surface area contributed by atoms with E-state index in [1.54, 1.807) is 4.90 Å².